The van der Waals surface area contributed by atoms with E-state index in [0.717, 1.165) is 22.5 Å². The predicted molar refractivity (Wildman–Crippen MR) is 83.8 cm³/mol. The molecule has 1 amide bonds. The van der Waals surface area contributed by atoms with E-state index >= 15 is 0 Å². The molecule has 136 valence electrons. The molecule has 3 rings (SSSR count). The molecule has 2 aliphatic heterocycles. The highest BCUT2D eigenvalue weighted by Crippen LogP contribution is 2.51. The molecule has 2 saturated heterocycles. The highest BCUT2D eigenvalue weighted by atomic mass is 19.4. The molecule has 0 unspecified atom stereocenters. The summed E-state index contributed by atoms with van der Waals surface area (Å²) in [4.78, 5) is 26.6. The highest BCUT2D eigenvalue weighted by molar-refractivity contribution is 6.02. The van der Waals surface area contributed by atoms with Crippen molar-refractivity contribution in [2.75, 3.05) is 18.6 Å². The summed E-state index contributed by atoms with van der Waals surface area (Å²) in [5.74, 6) is -1.63. The Morgan fingerprint density at radius 1 is 1.32 bits per heavy atom. The van der Waals surface area contributed by atoms with Gasteiger partial charge in [0.05, 0.1) is 19.6 Å². The van der Waals surface area contributed by atoms with Crippen molar-refractivity contribution in [2.24, 2.45) is 0 Å². The van der Waals surface area contributed by atoms with E-state index in [9.17, 15) is 22.8 Å². The van der Waals surface area contributed by atoms with Crippen LogP contribution in [0.3, 0.4) is 0 Å². The second-order valence-corrected chi connectivity index (χ2v) is 6.43. The van der Waals surface area contributed by atoms with Gasteiger partial charge in [-0.1, -0.05) is 17.7 Å². The number of carbonyl (C=O) groups excluding carboxylic acids is 2. The Bertz CT molecular complexity index is 689. The zero-order valence-electron chi connectivity index (χ0n) is 14.0. The van der Waals surface area contributed by atoms with Crippen LogP contribution in [0, 0.1) is 6.92 Å². The number of anilines is 1. The lowest BCUT2D eigenvalue weighted by Crippen LogP contribution is -2.65. The number of hydrogen-bond donors (Lipinski definition) is 0. The molecule has 5 nitrogen and oxygen atoms in total. The Balaban J connectivity index is 2.19. The number of hydrogen-bond acceptors (Lipinski definition) is 4. The Kier molecular flexibility index (Phi) is 4.26. The topological polar surface area (TPSA) is 49.9 Å². The molecule has 2 fully saturated rings. The van der Waals surface area contributed by atoms with Gasteiger partial charge in [0, 0.05) is 12.2 Å². The second kappa shape index (κ2) is 6.01. The second-order valence-electron chi connectivity index (χ2n) is 6.43. The number of nitrogens with zero attached hydrogens (tertiary/aromatic N) is 2. The van der Waals surface area contributed by atoms with Crippen LogP contribution in [0.5, 0.6) is 0 Å². The molecule has 2 aliphatic rings. The summed E-state index contributed by atoms with van der Waals surface area (Å²) < 4.78 is 47.4. The van der Waals surface area contributed by atoms with E-state index in [0.29, 0.717) is 12.8 Å². The van der Waals surface area contributed by atoms with Crippen molar-refractivity contribution in [3.05, 3.63) is 29.8 Å². The minimum absolute atomic E-state index is 0.106. The Hall–Kier alpha value is -2.09. The molecule has 0 radical (unpaired) electrons. The Morgan fingerprint density at radius 2 is 1.96 bits per heavy atom. The lowest BCUT2D eigenvalue weighted by atomic mass is 10.0. The Morgan fingerprint density at radius 3 is 2.52 bits per heavy atom. The van der Waals surface area contributed by atoms with E-state index in [1.807, 2.05) is 0 Å². The summed E-state index contributed by atoms with van der Waals surface area (Å²) in [5, 5.41) is 0. The van der Waals surface area contributed by atoms with Gasteiger partial charge in [-0.25, -0.2) is 0 Å². The van der Waals surface area contributed by atoms with Gasteiger partial charge in [0.2, 0.25) is 11.6 Å². The summed E-state index contributed by atoms with van der Waals surface area (Å²) in [6.07, 6.45) is -4.94. The van der Waals surface area contributed by atoms with E-state index in [2.05, 4.69) is 4.74 Å². The molecular weight excluding hydrogens is 337 g/mol. The standard InChI is InChI=1S/C17H19F3N2O3/c1-11-5-7-12(8-6-11)22-15(24)13-4-3-9-21(13)16(22,17(18,19)20)10-14(23)25-2/h5-8,13H,3-4,9-10H2,1-2H3/t13-,16+/m0/s1. The van der Waals surface area contributed by atoms with Gasteiger partial charge < -0.3 is 4.74 Å². The third kappa shape index (κ3) is 2.59. The molecule has 0 N–H and O–H groups in total. The molecule has 0 bridgehead atoms. The van der Waals surface area contributed by atoms with Gasteiger partial charge in [0.25, 0.3) is 0 Å². The van der Waals surface area contributed by atoms with Crippen LogP contribution in [-0.4, -0.2) is 48.3 Å². The minimum atomic E-state index is -4.82. The third-order valence-corrected chi connectivity index (χ3v) is 4.97. The van der Waals surface area contributed by atoms with E-state index in [1.165, 1.54) is 12.1 Å². The molecule has 0 saturated carbocycles. The van der Waals surface area contributed by atoms with Crippen molar-refractivity contribution in [1.29, 1.82) is 0 Å². The van der Waals surface area contributed by atoms with E-state index in [1.54, 1.807) is 19.1 Å². The Labute approximate surface area is 143 Å². The zero-order chi connectivity index (χ0) is 18.4. The van der Waals surface area contributed by atoms with Crippen molar-refractivity contribution >= 4 is 17.6 Å². The van der Waals surface area contributed by atoms with Gasteiger partial charge in [-0.15, -0.1) is 0 Å². The number of rotatable bonds is 3. The van der Waals surface area contributed by atoms with Crippen molar-refractivity contribution in [3.63, 3.8) is 0 Å². The van der Waals surface area contributed by atoms with E-state index in [4.69, 9.17) is 0 Å². The largest absolute Gasteiger partial charge is 0.469 e. The molecule has 0 aromatic heterocycles. The van der Waals surface area contributed by atoms with Crippen LogP contribution in [0.25, 0.3) is 0 Å². The number of benzene rings is 1. The molecule has 0 aliphatic carbocycles. The summed E-state index contributed by atoms with van der Waals surface area (Å²) in [7, 11) is 1.04. The van der Waals surface area contributed by atoms with Gasteiger partial charge in [-0.2, -0.15) is 13.2 Å². The fourth-order valence-corrected chi connectivity index (χ4v) is 3.80. The molecule has 25 heavy (non-hydrogen) atoms. The quantitative estimate of drug-likeness (QED) is 0.782. The smallest absolute Gasteiger partial charge is 0.426 e. The van der Waals surface area contributed by atoms with Gasteiger partial charge >= 0.3 is 12.1 Å². The molecular formula is C17H19F3N2O3. The van der Waals surface area contributed by atoms with Crippen LogP contribution in [-0.2, 0) is 14.3 Å². The first-order chi connectivity index (χ1) is 11.7. The maximum Gasteiger partial charge on any atom is 0.426 e. The van der Waals surface area contributed by atoms with Crippen LogP contribution < -0.4 is 4.90 Å². The lowest BCUT2D eigenvalue weighted by molar-refractivity contribution is -0.227. The number of methoxy groups -OCH3 is 1. The number of fused-ring (bicyclic) bond motifs is 1. The molecule has 8 heteroatoms. The molecule has 2 atom stereocenters. The maximum absolute atomic E-state index is 14.3. The van der Waals surface area contributed by atoms with Gasteiger partial charge in [0.15, 0.2) is 0 Å². The number of carbonyl (C=O) groups is 2. The highest BCUT2D eigenvalue weighted by Gasteiger charge is 2.72. The van der Waals surface area contributed by atoms with Gasteiger partial charge in [-0.3, -0.25) is 19.4 Å². The fraction of sp³-hybridized carbons (Fsp3) is 0.529. The van der Waals surface area contributed by atoms with Crippen LogP contribution in [0.2, 0.25) is 0 Å². The van der Waals surface area contributed by atoms with Crippen molar-refractivity contribution in [2.45, 2.75) is 44.1 Å². The normalized spacial score (nSPS) is 26.8. The number of ether oxygens (including phenoxy) is 1. The zero-order valence-corrected chi connectivity index (χ0v) is 14.0. The van der Waals surface area contributed by atoms with Crippen molar-refractivity contribution in [1.82, 2.24) is 4.90 Å². The summed E-state index contributed by atoms with van der Waals surface area (Å²) in [6, 6.07) is 5.38. The van der Waals surface area contributed by atoms with Gasteiger partial charge in [-0.05, 0) is 31.9 Å². The first kappa shape index (κ1) is 17.7. The number of alkyl halides is 3. The van der Waals surface area contributed by atoms with Crippen LogP contribution in [0.1, 0.15) is 24.8 Å². The van der Waals surface area contributed by atoms with Crippen molar-refractivity contribution < 1.29 is 27.5 Å². The molecule has 1 aromatic rings. The van der Waals surface area contributed by atoms with E-state index in [-0.39, 0.29) is 12.2 Å². The summed E-state index contributed by atoms with van der Waals surface area (Å²) >= 11 is 0. The molecule has 0 spiro atoms. The first-order valence-electron chi connectivity index (χ1n) is 8.03. The lowest BCUT2D eigenvalue weighted by Gasteiger charge is -2.43. The predicted octanol–water partition coefficient (Wildman–Crippen LogP) is 2.63. The van der Waals surface area contributed by atoms with Crippen LogP contribution in [0.15, 0.2) is 24.3 Å². The number of aryl methyl sites for hydroxylation is 1. The first-order valence-corrected chi connectivity index (χ1v) is 8.03. The number of amides is 1. The summed E-state index contributed by atoms with van der Waals surface area (Å²) in [5.41, 5.74) is -1.72. The summed E-state index contributed by atoms with van der Waals surface area (Å²) in [6.45, 7) is 1.91. The van der Waals surface area contributed by atoms with Crippen LogP contribution in [0.4, 0.5) is 18.9 Å². The fourth-order valence-electron chi connectivity index (χ4n) is 3.80. The number of halogens is 3. The van der Waals surface area contributed by atoms with Gasteiger partial charge in [0.1, 0.15) is 0 Å². The van der Waals surface area contributed by atoms with Crippen LogP contribution >= 0.6 is 0 Å². The SMILES string of the molecule is COC(=O)C[C@]1(C(F)(F)F)N(c2ccc(C)cc2)C(=O)[C@@H]2CCCN21. The van der Waals surface area contributed by atoms with Crippen molar-refractivity contribution in [3.8, 4) is 0 Å². The third-order valence-electron chi connectivity index (χ3n) is 4.97. The average molecular weight is 356 g/mol. The maximum atomic E-state index is 14.3. The minimum Gasteiger partial charge on any atom is -0.469 e. The average Bonchev–Trinajstić information content (AvgIpc) is 3.11. The number of esters is 1. The molecule has 2 heterocycles. The monoisotopic (exact) mass is 356 g/mol. The van der Waals surface area contributed by atoms with E-state index < -0.39 is 36.2 Å². The molecule has 1 aromatic carbocycles.